The smallest absolute Gasteiger partial charge is 0.176 e. The monoisotopic (exact) mass is 388 g/mol. The van der Waals surface area contributed by atoms with Gasteiger partial charge in [0.25, 0.3) is 0 Å². The van der Waals surface area contributed by atoms with E-state index in [1.165, 1.54) is 29.7 Å². The van der Waals surface area contributed by atoms with Gasteiger partial charge in [0, 0.05) is 40.9 Å². The topological polar surface area (TPSA) is 25.4 Å². The van der Waals surface area contributed by atoms with E-state index in [1.807, 2.05) is 13.0 Å². The van der Waals surface area contributed by atoms with Crippen molar-refractivity contribution in [2.24, 2.45) is 5.41 Å². The maximum absolute atomic E-state index is 13.3. The molecule has 27 heavy (non-hydrogen) atoms. The highest BCUT2D eigenvalue weighted by Crippen LogP contribution is 2.54. The summed E-state index contributed by atoms with van der Waals surface area (Å²) < 4.78 is 19.3. The van der Waals surface area contributed by atoms with Crippen molar-refractivity contribution >= 4 is 11.3 Å². The van der Waals surface area contributed by atoms with Crippen molar-refractivity contribution in [1.29, 1.82) is 0 Å². The van der Waals surface area contributed by atoms with Gasteiger partial charge in [0.1, 0.15) is 0 Å². The molecule has 1 aliphatic carbocycles. The SMILES string of the molecule is CCOC[C@]1(CCc2ccc(F)s2)CCN(C2(c3ccc(C)nc3)CC2)C1. The molecule has 146 valence electrons. The van der Waals surface area contributed by atoms with Crippen LogP contribution in [0.25, 0.3) is 0 Å². The van der Waals surface area contributed by atoms with Crippen molar-refractivity contribution < 1.29 is 9.13 Å². The average molecular weight is 389 g/mol. The lowest BCUT2D eigenvalue weighted by Gasteiger charge is -2.33. The third kappa shape index (κ3) is 3.96. The van der Waals surface area contributed by atoms with Crippen LogP contribution in [0.2, 0.25) is 0 Å². The number of nitrogens with zero attached hydrogens (tertiary/aromatic N) is 2. The van der Waals surface area contributed by atoms with Crippen LogP contribution >= 0.6 is 11.3 Å². The molecule has 2 aromatic heterocycles. The highest BCUT2D eigenvalue weighted by molar-refractivity contribution is 7.10. The van der Waals surface area contributed by atoms with Crippen LogP contribution in [0.15, 0.2) is 30.5 Å². The number of likely N-dealkylation sites (tertiary alicyclic amines) is 1. The summed E-state index contributed by atoms with van der Waals surface area (Å²) in [5.41, 5.74) is 2.79. The van der Waals surface area contributed by atoms with E-state index in [4.69, 9.17) is 4.74 Å². The first-order chi connectivity index (χ1) is 13.1. The van der Waals surface area contributed by atoms with E-state index in [0.29, 0.717) is 0 Å². The molecule has 1 saturated carbocycles. The van der Waals surface area contributed by atoms with Gasteiger partial charge in [-0.15, -0.1) is 11.3 Å². The number of rotatable bonds is 8. The first kappa shape index (κ1) is 19.0. The Hall–Kier alpha value is -1.30. The van der Waals surface area contributed by atoms with Crippen LogP contribution in [0.1, 0.15) is 48.7 Å². The second-order valence-electron chi connectivity index (χ2n) is 8.23. The largest absolute Gasteiger partial charge is 0.381 e. The Balaban J connectivity index is 1.48. The molecule has 3 heterocycles. The van der Waals surface area contributed by atoms with E-state index in [-0.39, 0.29) is 16.1 Å². The molecule has 2 fully saturated rings. The number of pyridine rings is 1. The van der Waals surface area contributed by atoms with Gasteiger partial charge in [-0.05, 0) is 76.3 Å². The average Bonchev–Trinajstić information content (AvgIpc) is 3.19. The summed E-state index contributed by atoms with van der Waals surface area (Å²) in [4.78, 5) is 8.35. The van der Waals surface area contributed by atoms with E-state index >= 15 is 0 Å². The minimum absolute atomic E-state index is 0.0827. The molecule has 0 spiro atoms. The maximum Gasteiger partial charge on any atom is 0.176 e. The molecule has 2 aliphatic rings. The van der Waals surface area contributed by atoms with Gasteiger partial charge in [0.15, 0.2) is 5.13 Å². The van der Waals surface area contributed by atoms with E-state index in [2.05, 4.69) is 35.1 Å². The molecular formula is C22H29FN2OS. The Kier molecular flexibility index (Phi) is 5.36. The molecule has 2 aromatic rings. The molecule has 3 nitrogen and oxygen atoms in total. The van der Waals surface area contributed by atoms with Gasteiger partial charge in [0.05, 0.1) is 6.61 Å². The molecule has 1 saturated heterocycles. The quantitative estimate of drug-likeness (QED) is 0.640. The van der Waals surface area contributed by atoms with E-state index in [0.717, 1.165) is 56.1 Å². The number of aryl methyl sites for hydroxylation is 2. The van der Waals surface area contributed by atoms with Crippen molar-refractivity contribution in [1.82, 2.24) is 9.88 Å². The zero-order valence-electron chi connectivity index (χ0n) is 16.3. The molecule has 0 radical (unpaired) electrons. The summed E-state index contributed by atoms with van der Waals surface area (Å²) in [5, 5.41) is -0.0827. The minimum Gasteiger partial charge on any atom is -0.381 e. The normalized spacial score (nSPS) is 24.4. The Bertz CT molecular complexity index is 771. The van der Waals surface area contributed by atoms with Gasteiger partial charge >= 0.3 is 0 Å². The lowest BCUT2D eigenvalue weighted by Crippen LogP contribution is -2.38. The van der Waals surface area contributed by atoms with Gasteiger partial charge in [-0.25, -0.2) is 0 Å². The molecular weight excluding hydrogens is 359 g/mol. The zero-order chi connectivity index (χ0) is 18.9. The number of thiophene rings is 1. The fourth-order valence-electron chi connectivity index (χ4n) is 4.54. The van der Waals surface area contributed by atoms with Crippen LogP contribution in [0.5, 0.6) is 0 Å². The predicted octanol–water partition coefficient (Wildman–Crippen LogP) is 4.94. The highest BCUT2D eigenvalue weighted by atomic mass is 32.1. The standard InChI is InChI=1S/C22H29FN2OS/c1-3-26-16-21(9-8-19-6-7-20(23)27-19)12-13-25(15-21)22(10-11-22)18-5-4-17(2)24-14-18/h4-7,14H,3,8-13,15-16H2,1-2H3/t21-/m1/s1. The lowest BCUT2D eigenvalue weighted by molar-refractivity contribution is 0.0444. The van der Waals surface area contributed by atoms with Crippen molar-refractivity contribution in [2.75, 3.05) is 26.3 Å². The van der Waals surface area contributed by atoms with E-state index in [9.17, 15) is 4.39 Å². The van der Waals surface area contributed by atoms with Crippen molar-refractivity contribution in [2.45, 2.75) is 51.5 Å². The van der Waals surface area contributed by atoms with Crippen molar-refractivity contribution in [3.8, 4) is 0 Å². The minimum atomic E-state index is -0.0827. The van der Waals surface area contributed by atoms with Crippen molar-refractivity contribution in [3.05, 3.63) is 51.7 Å². The Morgan fingerprint density at radius 1 is 1.22 bits per heavy atom. The summed E-state index contributed by atoms with van der Waals surface area (Å²) in [6.45, 7) is 7.84. The first-order valence-electron chi connectivity index (χ1n) is 10.1. The molecule has 0 amide bonds. The van der Waals surface area contributed by atoms with Crippen LogP contribution in [0.3, 0.4) is 0 Å². The number of ether oxygens (including phenoxy) is 1. The number of hydrogen-bond donors (Lipinski definition) is 0. The third-order valence-electron chi connectivity index (χ3n) is 6.36. The summed E-state index contributed by atoms with van der Waals surface area (Å²) in [7, 11) is 0. The fourth-order valence-corrected chi connectivity index (χ4v) is 5.26. The molecule has 1 aliphatic heterocycles. The van der Waals surface area contributed by atoms with Gasteiger partial charge < -0.3 is 4.74 Å². The molecule has 0 aromatic carbocycles. The van der Waals surface area contributed by atoms with Gasteiger partial charge in [-0.1, -0.05) is 6.07 Å². The van der Waals surface area contributed by atoms with E-state index in [1.54, 1.807) is 6.07 Å². The van der Waals surface area contributed by atoms with Crippen molar-refractivity contribution in [3.63, 3.8) is 0 Å². The predicted molar refractivity (Wildman–Crippen MR) is 108 cm³/mol. The van der Waals surface area contributed by atoms with Crippen LogP contribution < -0.4 is 0 Å². The molecule has 1 atom stereocenters. The van der Waals surface area contributed by atoms with Crippen LogP contribution in [-0.4, -0.2) is 36.2 Å². The third-order valence-corrected chi connectivity index (χ3v) is 7.29. The summed E-state index contributed by atoms with van der Waals surface area (Å²) in [5.74, 6) is 0. The van der Waals surface area contributed by atoms with Gasteiger partial charge in [-0.2, -0.15) is 4.39 Å². The Morgan fingerprint density at radius 2 is 2.07 bits per heavy atom. The van der Waals surface area contributed by atoms with Gasteiger partial charge in [-0.3, -0.25) is 9.88 Å². The van der Waals surface area contributed by atoms with Crippen LogP contribution in [0.4, 0.5) is 4.39 Å². The first-order valence-corrected chi connectivity index (χ1v) is 10.9. The molecule has 4 rings (SSSR count). The van der Waals surface area contributed by atoms with Crippen LogP contribution in [0, 0.1) is 17.5 Å². The molecule has 5 heteroatoms. The summed E-state index contributed by atoms with van der Waals surface area (Å²) in [6.07, 6.45) is 7.67. The second kappa shape index (κ2) is 7.61. The summed E-state index contributed by atoms with van der Waals surface area (Å²) >= 11 is 1.28. The maximum atomic E-state index is 13.3. The number of hydrogen-bond acceptors (Lipinski definition) is 4. The summed E-state index contributed by atoms with van der Waals surface area (Å²) in [6, 6.07) is 7.90. The van der Waals surface area contributed by atoms with Crippen LogP contribution in [-0.2, 0) is 16.7 Å². The lowest BCUT2D eigenvalue weighted by atomic mass is 9.83. The van der Waals surface area contributed by atoms with E-state index < -0.39 is 0 Å². The number of aromatic nitrogens is 1. The molecule has 0 N–H and O–H groups in total. The zero-order valence-corrected chi connectivity index (χ0v) is 17.2. The fraction of sp³-hybridized carbons (Fsp3) is 0.591. The molecule has 0 bridgehead atoms. The van der Waals surface area contributed by atoms with Gasteiger partial charge in [0.2, 0.25) is 0 Å². The second-order valence-corrected chi connectivity index (χ2v) is 9.35. The Morgan fingerprint density at radius 3 is 2.70 bits per heavy atom. The highest BCUT2D eigenvalue weighted by Gasteiger charge is 2.54. The Labute approximate surface area is 165 Å². The number of halogens is 1. The molecule has 0 unspecified atom stereocenters.